The molecule has 17 heavy (non-hydrogen) atoms. The minimum absolute atomic E-state index is 0.0360. The highest BCUT2D eigenvalue weighted by molar-refractivity contribution is 6.31. The van der Waals surface area contributed by atoms with Gasteiger partial charge in [-0.25, -0.2) is 0 Å². The molecule has 1 atom stereocenters. The Balaban J connectivity index is 2.18. The summed E-state index contributed by atoms with van der Waals surface area (Å²) in [6.45, 7) is 4.17. The van der Waals surface area contributed by atoms with Crippen molar-refractivity contribution in [1.29, 1.82) is 0 Å². The fraction of sp³-hybridized carbons (Fsp3) is 0.583. The zero-order valence-corrected chi connectivity index (χ0v) is 10.8. The van der Waals surface area contributed by atoms with Crippen LogP contribution >= 0.6 is 11.6 Å². The van der Waals surface area contributed by atoms with Crippen LogP contribution in [0, 0.1) is 0 Å². The van der Waals surface area contributed by atoms with Crippen molar-refractivity contribution < 1.29 is 4.79 Å². The van der Waals surface area contributed by atoms with Gasteiger partial charge in [0.2, 0.25) is 0 Å². The lowest BCUT2D eigenvalue weighted by atomic mass is 10.1. The lowest BCUT2D eigenvalue weighted by Gasteiger charge is -2.30. The summed E-state index contributed by atoms with van der Waals surface area (Å²) in [7, 11) is 0. The monoisotopic (exact) mass is 255 g/mol. The molecule has 4 nitrogen and oxygen atoms in total. The van der Waals surface area contributed by atoms with Gasteiger partial charge in [0.25, 0.3) is 5.91 Å². The Morgan fingerprint density at radius 2 is 2.41 bits per heavy atom. The second-order valence-corrected chi connectivity index (χ2v) is 4.92. The summed E-state index contributed by atoms with van der Waals surface area (Å²) in [6, 6.07) is 1.83. The van der Waals surface area contributed by atoms with E-state index < -0.39 is 0 Å². The van der Waals surface area contributed by atoms with Crippen molar-refractivity contribution >= 4 is 17.5 Å². The number of piperidine rings is 1. The second-order valence-electron chi connectivity index (χ2n) is 4.48. The van der Waals surface area contributed by atoms with E-state index in [2.05, 4.69) is 0 Å². The van der Waals surface area contributed by atoms with Gasteiger partial charge in [0.1, 0.15) is 5.69 Å². The van der Waals surface area contributed by atoms with Crippen molar-refractivity contribution in [2.24, 2.45) is 5.73 Å². The second kappa shape index (κ2) is 5.10. The van der Waals surface area contributed by atoms with Crippen molar-refractivity contribution in [3.05, 3.63) is 23.0 Å². The topological polar surface area (TPSA) is 51.3 Å². The van der Waals surface area contributed by atoms with E-state index in [0.717, 1.165) is 25.9 Å². The molecular weight excluding hydrogens is 238 g/mol. The van der Waals surface area contributed by atoms with Crippen LogP contribution < -0.4 is 5.73 Å². The van der Waals surface area contributed by atoms with Crippen LogP contribution in [-0.2, 0) is 6.54 Å². The molecule has 0 radical (unpaired) electrons. The van der Waals surface area contributed by atoms with Gasteiger partial charge in [0, 0.05) is 31.9 Å². The van der Waals surface area contributed by atoms with Gasteiger partial charge in [0.15, 0.2) is 0 Å². The van der Waals surface area contributed by atoms with E-state index in [1.807, 2.05) is 16.4 Å². The third kappa shape index (κ3) is 2.64. The molecule has 1 aromatic rings. The van der Waals surface area contributed by atoms with Crippen LogP contribution in [0.4, 0.5) is 0 Å². The molecule has 1 aliphatic heterocycles. The molecule has 94 valence electrons. The Labute approximate surface area is 106 Å². The number of aromatic nitrogens is 1. The normalized spacial score (nSPS) is 20.6. The van der Waals surface area contributed by atoms with Crippen LogP contribution in [0.1, 0.15) is 30.3 Å². The number of hydrogen-bond donors (Lipinski definition) is 1. The first-order valence-electron chi connectivity index (χ1n) is 6.02. The van der Waals surface area contributed by atoms with Crippen LogP contribution in [0.5, 0.6) is 0 Å². The van der Waals surface area contributed by atoms with Gasteiger partial charge < -0.3 is 15.2 Å². The summed E-state index contributed by atoms with van der Waals surface area (Å²) in [5, 5.41) is 0.608. The number of nitrogens with two attached hydrogens (primary N) is 1. The molecular formula is C12H18ClN3O. The van der Waals surface area contributed by atoms with E-state index in [4.69, 9.17) is 17.3 Å². The Hall–Kier alpha value is -1.00. The van der Waals surface area contributed by atoms with E-state index >= 15 is 0 Å². The summed E-state index contributed by atoms with van der Waals surface area (Å²) in [5.74, 6) is 0.0360. The summed E-state index contributed by atoms with van der Waals surface area (Å²) in [5.41, 5.74) is 6.55. The van der Waals surface area contributed by atoms with Gasteiger partial charge in [-0.05, 0) is 25.8 Å². The van der Waals surface area contributed by atoms with Crippen LogP contribution in [-0.4, -0.2) is 34.5 Å². The minimum Gasteiger partial charge on any atom is -0.342 e. The third-order valence-electron chi connectivity index (χ3n) is 3.17. The lowest BCUT2D eigenvalue weighted by Crippen LogP contribution is -2.46. The average molecular weight is 256 g/mol. The molecule has 2 rings (SSSR count). The standard InChI is InChI=1S/C12H18ClN3O/c1-2-15-7-9(13)6-11(15)12(17)16-5-3-4-10(14)8-16/h6-7,10H,2-5,8,14H2,1H3/t10-/m1/s1. The van der Waals surface area contributed by atoms with Crippen LogP contribution in [0.25, 0.3) is 0 Å². The quantitative estimate of drug-likeness (QED) is 0.875. The average Bonchev–Trinajstić information content (AvgIpc) is 2.69. The predicted molar refractivity (Wildman–Crippen MR) is 68.2 cm³/mol. The summed E-state index contributed by atoms with van der Waals surface area (Å²) < 4.78 is 1.88. The third-order valence-corrected chi connectivity index (χ3v) is 3.37. The van der Waals surface area contributed by atoms with E-state index in [9.17, 15) is 4.79 Å². The van der Waals surface area contributed by atoms with E-state index in [0.29, 0.717) is 17.3 Å². The van der Waals surface area contributed by atoms with Gasteiger partial charge in [0.05, 0.1) is 5.02 Å². The molecule has 5 heteroatoms. The maximum Gasteiger partial charge on any atom is 0.270 e. The highest BCUT2D eigenvalue weighted by Crippen LogP contribution is 2.18. The molecule has 1 fully saturated rings. The number of halogens is 1. The zero-order valence-electron chi connectivity index (χ0n) is 10.0. The van der Waals surface area contributed by atoms with Crippen molar-refractivity contribution in [3.63, 3.8) is 0 Å². The smallest absolute Gasteiger partial charge is 0.270 e. The number of amides is 1. The molecule has 1 saturated heterocycles. The molecule has 1 amide bonds. The van der Waals surface area contributed by atoms with Crippen molar-refractivity contribution in [3.8, 4) is 0 Å². The van der Waals surface area contributed by atoms with Crippen molar-refractivity contribution in [2.45, 2.75) is 32.4 Å². The number of hydrogen-bond acceptors (Lipinski definition) is 2. The summed E-state index contributed by atoms with van der Waals surface area (Å²) in [4.78, 5) is 14.2. The first-order chi connectivity index (χ1) is 8.11. The van der Waals surface area contributed by atoms with Crippen LogP contribution in [0.15, 0.2) is 12.3 Å². The number of carbonyl (C=O) groups excluding carboxylic acids is 1. The SMILES string of the molecule is CCn1cc(Cl)cc1C(=O)N1CCC[C@@H](N)C1. The van der Waals surface area contributed by atoms with Gasteiger partial charge in [-0.3, -0.25) is 4.79 Å². The molecule has 1 aromatic heterocycles. The van der Waals surface area contributed by atoms with E-state index in [1.165, 1.54) is 0 Å². The fourth-order valence-electron chi connectivity index (χ4n) is 2.27. The number of nitrogens with zero attached hydrogens (tertiary/aromatic N) is 2. The first kappa shape index (κ1) is 12.5. The van der Waals surface area contributed by atoms with Crippen molar-refractivity contribution in [2.75, 3.05) is 13.1 Å². The molecule has 0 bridgehead atoms. The molecule has 0 unspecified atom stereocenters. The van der Waals surface area contributed by atoms with Gasteiger partial charge in [-0.1, -0.05) is 11.6 Å². The molecule has 1 aliphatic rings. The maximum atomic E-state index is 12.3. The van der Waals surface area contributed by atoms with Gasteiger partial charge >= 0.3 is 0 Å². The first-order valence-corrected chi connectivity index (χ1v) is 6.40. The van der Waals surface area contributed by atoms with Gasteiger partial charge in [-0.2, -0.15) is 0 Å². The molecule has 2 N–H and O–H groups in total. The maximum absolute atomic E-state index is 12.3. The van der Waals surface area contributed by atoms with E-state index in [-0.39, 0.29) is 11.9 Å². The Bertz CT molecular complexity index is 416. The number of rotatable bonds is 2. The largest absolute Gasteiger partial charge is 0.342 e. The van der Waals surface area contributed by atoms with Crippen LogP contribution in [0.2, 0.25) is 5.02 Å². The highest BCUT2D eigenvalue weighted by Gasteiger charge is 2.24. The van der Waals surface area contributed by atoms with E-state index in [1.54, 1.807) is 12.3 Å². The Morgan fingerprint density at radius 1 is 1.65 bits per heavy atom. The fourth-order valence-corrected chi connectivity index (χ4v) is 2.49. The number of likely N-dealkylation sites (tertiary alicyclic amines) is 1. The van der Waals surface area contributed by atoms with Crippen LogP contribution in [0.3, 0.4) is 0 Å². The predicted octanol–water partition coefficient (Wildman–Crippen LogP) is 1.72. The molecule has 0 aliphatic carbocycles. The summed E-state index contributed by atoms with van der Waals surface area (Å²) >= 11 is 5.94. The Kier molecular flexibility index (Phi) is 3.74. The molecule has 0 spiro atoms. The molecule has 0 saturated carbocycles. The minimum atomic E-state index is 0.0360. The molecule has 2 heterocycles. The highest BCUT2D eigenvalue weighted by atomic mass is 35.5. The zero-order chi connectivity index (χ0) is 12.4. The van der Waals surface area contributed by atoms with Gasteiger partial charge in [-0.15, -0.1) is 0 Å². The summed E-state index contributed by atoms with van der Waals surface area (Å²) in [6.07, 6.45) is 3.77. The number of carbonyl (C=O) groups is 1. The molecule has 0 aromatic carbocycles. The Morgan fingerprint density at radius 3 is 3.06 bits per heavy atom. The number of aryl methyl sites for hydroxylation is 1. The van der Waals surface area contributed by atoms with Crippen molar-refractivity contribution in [1.82, 2.24) is 9.47 Å². The lowest BCUT2D eigenvalue weighted by molar-refractivity contribution is 0.0698.